The quantitative estimate of drug-likeness (QED) is 0.640. The minimum absolute atomic E-state index is 0.0546. The monoisotopic (exact) mass is 366 g/mol. The molecule has 27 heavy (non-hydrogen) atoms. The number of carbonyl (C=O) groups excluding carboxylic acids is 3. The van der Waals surface area contributed by atoms with E-state index in [-0.39, 0.29) is 46.7 Å². The number of nitrogens with zero attached hydrogens (tertiary/aromatic N) is 1. The van der Waals surface area contributed by atoms with Gasteiger partial charge in [0.15, 0.2) is 0 Å². The molecule has 7 nitrogen and oxygen atoms in total. The van der Waals surface area contributed by atoms with E-state index in [1.165, 1.54) is 29.2 Å². The average Bonchev–Trinajstić information content (AvgIpc) is 3.26. The molecule has 2 aliphatic rings. The molecule has 1 saturated heterocycles. The Kier molecular flexibility index (Phi) is 4.37. The third kappa shape index (κ3) is 3.17. The van der Waals surface area contributed by atoms with Crippen LogP contribution in [0.4, 0.5) is 5.69 Å². The van der Waals surface area contributed by atoms with Crippen LogP contribution in [-0.4, -0.2) is 47.0 Å². The molecule has 3 amide bonds. The smallest absolute Gasteiger partial charge is 0.261 e. The number of aromatic hydroxyl groups is 1. The average molecular weight is 366 g/mol. The minimum atomic E-state index is -0.475. The zero-order valence-electron chi connectivity index (χ0n) is 14.5. The summed E-state index contributed by atoms with van der Waals surface area (Å²) in [6.45, 7) is 0.871. The fourth-order valence-electron chi connectivity index (χ4n) is 3.36. The van der Waals surface area contributed by atoms with E-state index >= 15 is 0 Å². The van der Waals surface area contributed by atoms with Crippen LogP contribution in [0.5, 0.6) is 5.75 Å². The highest BCUT2D eigenvalue weighted by Crippen LogP contribution is 2.27. The molecule has 2 aromatic rings. The predicted octanol–water partition coefficient (Wildman–Crippen LogP) is 2.42. The number of hydrogen-bond donors (Lipinski definition) is 2. The molecule has 2 N–H and O–H groups in total. The Morgan fingerprint density at radius 2 is 1.93 bits per heavy atom. The summed E-state index contributed by atoms with van der Waals surface area (Å²) >= 11 is 0. The number of nitrogens with one attached hydrogen (secondary N) is 1. The van der Waals surface area contributed by atoms with Crippen molar-refractivity contribution in [3.63, 3.8) is 0 Å². The van der Waals surface area contributed by atoms with E-state index in [9.17, 15) is 19.5 Å². The van der Waals surface area contributed by atoms with Crippen molar-refractivity contribution >= 4 is 23.4 Å². The second-order valence-corrected chi connectivity index (χ2v) is 6.59. The zero-order chi connectivity index (χ0) is 19.0. The number of rotatable bonds is 4. The van der Waals surface area contributed by atoms with Gasteiger partial charge in [-0.05, 0) is 43.2 Å². The minimum Gasteiger partial charge on any atom is -0.506 e. The summed E-state index contributed by atoms with van der Waals surface area (Å²) in [6, 6.07) is 10.8. The maximum atomic E-state index is 12.7. The van der Waals surface area contributed by atoms with Crippen molar-refractivity contribution in [3.05, 3.63) is 59.2 Å². The van der Waals surface area contributed by atoms with Crippen molar-refractivity contribution in [2.75, 3.05) is 18.5 Å². The van der Waals surface area contributed by atoms with Gasteiger partial charge in [-0.25, -0.2) is 0 Å². The SMILES string of the molecule is O=C(Nc1ccccc1O)c1ccc2c(c1)C(=O)N(C[C@H]1CCCO1)C2=O. The molecular weight excluding hydrogens is 348 g/mol. The number of anilines is 1. The first-order valence-corrected chi connectivity index (χ1v) is 8.76. The van der Waals surface area contributed by atoms with E-state index in [2.05, 4.69) is 5.32 Å². The normalized spacial score (nSPS) is 18.7. The molecule has 0 aliphatic carbocycles. The summed E-state index contributed by atoms with van der Waals surface area (Å²) in [5.74, 6) is -1.31. The number of phenols is 1. The molecule has 0 radical (unpaired) electrons. The molecular formula is C20H18N2O5. The van der Waals surface area contributed by atoms with Crippen LogP contribution in [0, 0.1) is 0 Å². The first-order chi connectivity index (χ1) is 13.0. The Morgan fingerprint density at radius 3 is 2.67 bits per heavy atom. The lowest BCUT2D eigenvalue weighted by atomic mass is 10.1. The van der Waals surface area contributed by atoms with Gasteiger partial charge >= 0.3 is 0 Å². The molecule has 0 bridgehead atoms. The van der Waals surface area contributed by atoms with Gasteiger partial charge in [0.25, 0.3) is 17.7 Å². The molecule has 1 fully saturated rings. The van der Waals surface area contributed by atoms with Crippen LogP contribution in [0.2, 0.25) is 0 Å². The summed E-state index contributed by atoms with van der Waals surface area (Å²) < 4.78 is 5.52. The summed E-state index contributed by atoms with van der Waals surface area (Å²) in [4.78, 5) is 38.8. The number of phenolic OH excluding ortho intramolecular Hbond substituents is 1. The standard InChI is InChI=1S/C20H18N2O5/c23-17-6-2-1-5-16(17)21-18(24)12-7-8-14-15(10-12)20(26)22(19(14)25)11-13-4-3-9-27-13/h1-2,5-8,10,13,23H,3-4,9,11H2,(H,21,24)/t13-/m1/s1. The lowest BCUT2D eigenvalue weighted by molar-refractivity contribution is 0.0475. The van der Waals surface area contributed by atoms with Crippen molar-refractivity contribution in [1.82, 2.24) is 4.90 Å². The summed E-state index contributed by atoms with van der Waals surface area (Å²) in [5, 5.41) is 12.4. The lowest BCUT2D eigenvalue weighted by Crippen LogP contribution is -2.36. The topological polar surface area (TPSA) is 95.9 Å². The first kappa shape index (κ1) is 17.2. The van der Waals surface area contributed by atoms with Gasteiger partial charge in [0.05, 0.1) is 29.5 Å². The summed E-state index contributed by atoms with van der Waals surface area (Å²) in [6.07, 6.45) is 1.61. The van der Waals surface area contributed by atoms with Crippen molar-refractivity contribution in [1.29, 1.82) is 0 Å². The van der Waals surface area contributed by atoms with E-state index in [0.29, 0.717) is 6.61 Å². The van der Waals surface area contributed by atoms with Gasteiger partial charge in [0, 0.05) is 12.2 Å². The Labute approximate surface area is 155 Å². The number of para-hydroxylation sites is 2. The Morgan fingerprint density at radius 1 is 1.15 bits per heavy atom. The number of hydrogen-bond acceptors (Lipinski definition) is 5. The van der Waals surface area contributed by atoms with Gasteiger partial charge < -0.3 is 15.2 Å². The third-order valence-corrected chi connectivity index (χ3v) is 4.80. The number of ether oxygens (including phenoxy) is 1. The molecule has 2 aromatic carbocycles. The predicted molar refractivity (Wildman–Crippen MR) is 96.8 cm³/mol. The molecule has 0 spiro atoms. The molecule has 0 unspecified atom stereocenters. The molecule has 2 heterocycles. The summed E-state index contributed by atoms with van der Waals surface area (Å²) in [7, 11) is 0. The van der Waals surface area contributed by atoms with Gasteiger partial charge in [-0.15, -0.1) is 0 Å². The maximum Gasteiger partial charge on any atom is 0.261 e. The largest absolute Gasteiger partial charge is 0.506 e. The second kappa shape index (κ2) is 6.85. The second-order valence-electron chi connectivity index (χ2n) is 6.59. The Hall–Kier alpha value is -3.19. The van der Waals surface area contributed by atoms with E-state index in [1.54, 1.807) is 18.2 Å². The third-order valence-electron chi connectivity index (χ3n) is 4.80. The van der Waals surface area contributed by atoms with E-state index in [1.807, 2.05) is 0 Å². The number of benzene rings is 2. The van der Waals surface area contributed by atoms with Crippen LogP contribution in [0.15, 0.2) is 42.5 Å². The van der Waals surface area contributed by atoms with E-state index in [0.717, 1.165) is 12.8 Å². The van der Waals surface area contributed by atoms with Crippen LogP contribution >= 0.6 is 0 Å². The van der Waals surface area contributed by atoms with Crippen molar-refractivity contribution in [2.24, 2.45) is 0 Å². The van der Waals surface area contributed by atoms with Gasteiger partial charge in [0.2, 0.25) is 0 Å². The zero-order valence-corrected chi connectivity index (χ0v) is 14.5. The van der Waals surface area contributed by atoms with Gasteiger partial charge in [0.1, 0.15) is 5.75 Å². The number of amides is 3. The number of imide groups is 1. The molecule has 138 valence electrons. The molecule has 7 heteroatoms. The van der Waals surface area contributed by atoms with E-state index < -0.39 is 11.8 Å². The molecule has 0 aromatic heterocycles. The maximum absolute atomic E-state index is 12.7. The fourth-order valence-corrected chi connectivity index (χ4v) is 3.36. The molecule has 0 saturated carbocycles. The van der Waals surface area contributed by atoms with E-state index in [4.69, 9.17) is 4.74 Å². The van der Waals surface area contributed by atoms with Crippen LogP contribution < -0.4 is 5.32 Å². The number of carbonyl (C=O) groups is 3. The summed E-state index contributed by atoms with van der Waals surface area (Å²) in [5.41, 5.74) is 1.00. The van der Waals surface area contributed by atoms with Crippen molar-refractivity contribution in [3.8, 4) is 5.75 Å². The Bertz CT molecular complexity index is 934. The van der Waals surface area contributed by atoms with Crippen LogP contribution in [-0.2, 0) is 4.74 Å². The molecule has 2 aliphatic heterocycles. The first-order valence-electron chi connectivity index (χ1n) is 8.76. The number of fused-ring (bicyclic) bond motifs is 1. The molecule has 1 atom stereocenters. The highest BCUT2D eigenvalue weighted by Gasteiger charge is 2.37. The highest BCUT2D eigenvalue weighted by atomic mass is 16.5. The Balaban J connectivity index is 1.55. The fraction of sp³-hybridized carbons (Fsp3) is 0.250. The lowest BCUT2D eigenvalue weighted by Gasteiger charge is -2.17. The van der Waals surface area contributed by atoms with Gasteiger partial charge in [-0.3, -0.25) is 19.3 Å². The van der Waals surface area contributed by atoms with Crippen LogP contribution in [0.25, 0.3) is 0 Å². The van der Waals surface area contributed by atoms with Crippen LogP contribution in [0.1, 0.15) is 43.9 Å². The highest BCUT2D eigenvalue weighted by molar-refractivity contribution is 6.22. The van der Waals surface area contributed by atoms with Gasteiger partial charge in [-0.2, -0.15) is 0 Å². The van der Waals surface area contributed by atoms with Crippen molar-refractivity contribution in [2.45, 2.75) is 18.9 Å². The van der Waals surface area contributed by atoms with Crippen molar-refractivity contribution < 1.29 is 24.2 Å². The van der Waals surface area contributed by atoms with Crippen LogP contribution in [0.3, 0.4) is 0 Å². The van der Waals surface area contributed by atoms with Gasteiger partial charge in [-0.1, -0.05) is 12.1 Å². The molecule has 4 rings (SSSR count).